The molecule has 2 N–H and O–H groups in total. The number of para-hydroxylation sites is 1. The van der Waals surface area contributed by atoms with Gasteiger partial charge in [0.2, 0.25) is 0 Å². The lowest BCUT2D eigenvalue weighted by molar-refractivity contribution is 0.0977. The maximum absolute atomic E-state index is 12.3. The normalized spacial score (nSPS) is 11.5. The Morgan fingerprint density at radius 3 is 2.67 bits per heavy atom. The number of benzene rings is 2. The SMILES string of the molecule is CCC(C)c1ccccc1NC(=S)NC(=O)c1cccc(OC)c1. The highest BCUT2D eigenvalue weighted by Crippen LogP contribution is 2.26. The van der Waals surface area contributed by atoms with E-state index in [1.165, 1.54) is 5.56 Å². The predicted molar refractivity (Wildman–Crippen MR) is 102 cm³/mol. The predicted octanol–water partition coefficient (Wildman–Crippen LogP) is 4.34. The number of rotatable bonds is 5. The van der Waals surface area contributed by atoms with Crippen molar-refractivity contribution in [1.29, 1.82) is 0 Å². The van der Waals surface area contributed by atoms with Crippen LogP contribution in [0.15, 0.2) is 48.5 Å². The van der Waals surface area contributed by atoms with Crippen LogP contribution in [-0.4, -0.2) is 18.1 Å². The summed E-state index contributed by atoms with van der Waals surface area (Å²) in [5.74, 6) is 0.765. The lowest BCUT2D eigenvalue weighted by atomic mass is 9.97. The van der Waals surface area contributed by atoms with Gasteiger partial charge in [-0.15, -0.1) is 0 Å². The summed E-state index contributed by atoms with van der Waals surface area (Å²) in [6.07, 6.45) is 1.03. The maximum Gasteiger partial charge on any atom is 0.257 e. The highest BCUT2D eigenvalue weighted by atomic mass is 32.1. The van der Waals surface area contributed by atoms with Gasteiger partial charge in [-0.1, -0.05) is 38.1 Å². The molecule has 0 bridgehead atoms. The third-order valence-corrected chi connectivity index (χ3v) is 4.12. The molecule has 0 spiro atoms. The van der Waals surface area contributed by atoms with Gasteiger partial charge in [-0.3, -0.25) is 10.1 Å². The van der Waals surface area contributed by atoms with Gasteiger partial charge in [-0.05, 0) is 54.4 Å². The minimum Gasteiger partial charge on any atom is -0.497 e. The van der Waals surface area contributed by atoms with E-state index in [-0.39, 0.29) is 11.0 Å². The van der Waals surface area contributed by atoms with Crippen molar-refractivity contribution in [2.45, 2.75) is 26.2 Å². The molecule has 126 valence electrons. The van der Waals surface area contributed by atoms with Crippen molar-refractivity contribution in [2.24, 2.45) is 0 Å². The second-order valence-corrected chi connectivity index (χ2v) is 5.94. The van der Waals surface area contributed by atoms with E-state index in [0.717, 1.165) is 12.1 Å². The van der Waals surface area contributed by atoms with Crippen LogP contribution in [-0.2, 0) is 0 Å². The van der Waals surface area contributed by atoms with Crippen LogP contribution in [0.5, 0.6) is 5.75 Å². The molecule has 4 nitrogen and oxygen atoms in total. The molecule has 0 fully saturated rings. The molecule has 0 aliphatic carbocycles. The van der Waals surface area contributed by atoms with E-state index in [1.54, 1.807) is 31.4 Å². The topological polar surface area (TPSA) is 50.4 Å². The molecule has 2 aromatic carbocycles. The van der Waals surface area contributed by atoms with Crippen LogP contribution in [0.2, 0.25) is 0 Å². The molecular weight excluding hydrogens is 320 g/mol. The minimum absolute atomic E-state index is 0.271. The number of anilines is 1. The molecule has 2 rings (SSSR count). The first kappa shape index (κ1) is 17.9. The zero-order valence-electron chi connectivity index (χ0n) is 14.1. The molecular formula is C19H22N2O2S. The molecule has 1 amide bonds. The van der Waals surface area contributed by atoms with Gasteiger partial charge in [0.25, 0.3) is 5.91 Å². The molecule has 0 aliphatic rings. The molecule has 1 atom stereocenters. The van der Waals surface area contributed by atoms with E-state index in [0.29, 0.717) is 17.2 Å². The summed E-state index contributed by atoms with van der Waals surface area (Å²) in [5, 5.41) is 6.11. The van der Waals surface area contributed by atoms with Crippen molar-refractivity contribution in [3.05, 3.63) is 59.7 Å². The molecule has 0 aromatic heterocycles. The lowest BCUT2D eigenvalue weighted by Crippen LogP contribution is -2.34. The highest BCUT2D eigenvalue weighted by Gasteiger charge is 2.12. The molecule has 0 radical (unpaired) electrons. The van der Waals surface area contributed by atoms with Gasteiger partial charge in [0, 0.05) is 11.3 Å². The Morgan fingerprint density at radius 2 is 1.96 bits per heavy atom. The Bertz CT molecular complexity index is 731. The molecule has 0 saturated carbocycles. The fourth-order valence-corrected chi connectivity index (χ4v) is 2.56. The summed E-state index contributed by atoms with van der Waals surface area (Å²) in [4.78, 5) is 12.3. The van der Waals surface area contributed by atoms with Gasteiger partial charge in [-0.25, -0.2) is 0 Å². The van der Waals surface area contributed by atoms with E-state index in [4.69, 9.17) is 17.0 Å². The molecule has 0 aliphatic heterocycles. The first-order chi connectivity index (χ1) is 11.5. The molecule has 2 aromatic rings. The number of ether oxygens (including phenoxy) is 1. The van der Waals surface area contributed by atoms with Gasteiger partial charge < -0.3 is 10.1 Å². The number of amides is 1. The highest BCUT2D eigenvalue weighted by molar-refractivity contribution is 7.80. The van der Waals surface area contributed by atoms with E-state index >= 15 is 0 Å². The van der Waals surface area contributed by atoms with Crippen molar-refractivity contribution in [1.82, 2.24) is 5.32 Å². The molecule has 0 heterocycles. The van der Waals surface area contributed by atoms with Gasteiger partial charge in [0.05, 0.1) is 7.11 Å². The molecule has 1 unspecified atom stereocenters. The third-order valence-electron chi connectivity index (χ3n) is 3.91. The Kier molecular flexibility index (Phi) is 6.32. The van der Waals surface area contributed by atoms with Crippen molar-refractivity contribution < 1.29 is 9.53 Å². The number of methoxy groups -OCH3 is 1. The van der Waals surface area contributed by atoms with Crippen molar-refractivity contribution >= 4 is 28.9 Å². The van der Waals surface area contributed by atoms with Crippen LogP contribution < -0.4 is 15.4 Å². The van der Waals surface area contributed by atoms with Crippen molar-refractivity contribution in [3.63, 3.8) is 0 Å². The first-order valence-electron chi connectivity index (χ1n) is 7.90. The molecule has 0 saturated heterocycles. The number of carbonyl (C=O) groups is 1. The van der Waals surface area contributed by atoms with Crippen LogP contribution in [0.4, 0.5) is 5.69 Å². The largest absolute Gasteiger partial charge is 0.497 e. The second kappa shape index (κ2) is 8.45. The number of carbonyl (C=O) groups excluding carboxylic acids is 1. The molecule has 5 heteroatoms. The standard InChI is InChI=1S/C19H22N2O2S/c1-4-13(2)16-10-5-6-11-17(16)20-19(24)21-18(22)14-8-7-9-15(12-14)23-3/h5-13H,4H2,1-3H3,(H2,20,21,22,24). The van der Waals surface area contributed by atoms with E-state index in [9.17, 15) is 4.79 Å². The Hall–Kier alpha value is -2.40. The van der Waals surface area contributed by atoms with Crippen LogP contribution in [0.25, 0.3) is 0 Å². The fourth-order valence-electron chi connectivity index (χ4n) is 2.35. The van der Waals surface area contributed by atoms with Gasteiger partial charge in [0.1, 0.15) is 5.75 Å². The number of thiocarbonyl (C=S) groups is 1. The Labute approximate surface area is 148 Å². The summed E-state index contributed by atoms with van der Waals surface area (Å²) in [5.41, 5.74) is 2.59. The zero-order chi connectivity index (χ0) is 17.5. The van der Waals surface area contributed by atoms with Crippen LogP contribution in [0.3, 0.4) is 0 Å². The fraction of sp³-hybridized carbons (Fsp3) is 0.263. The third kappa shape index (κ3) is 4.55. The quantitative estimate of drug-likeness (QED) is 0.794. The van der Waals surface area contributed by atoms with Crippen molar-refractivity contribution in [2.75, 3.05) is 12.4 Å². The van der Waals surface area contributed by atoms with Gasteiger partial charge in [-0.2, -0.15) is 0 Å². The average molecular weight is 342 g/mol. The van der Waals surface area contributed by atoms with Gasteiger partial charge >= 0.3 is 0 Å². The average Bonchev–Trinajstić information content (AvgIpc) is 2.61. The van der Waals surface area contributed by atoms with Crippen LogP contribution in [0, 0.1) is 0 Å². The summed E-state index contributed by atoms with van der Waals surface area (Å²) >= 11 is 5.28. The summed E-state index contributed by atoms with van der Waals surface area (Å²) in [6.45, 7) is 4.31. The zero-order valence-corrected chi connectivity index (χ0v) is 14.9. The van der Waals surface area contributed by atoms with Crippen LogP contribution in [0.1, 0.15) is 42.1 Å². The number of nitrogens with one attached hydrogen (secondary N) is 2. The minimum atomic E-state index is -0.271. The van der Waals surface area contributed by atoms with E-state index in [2.05, 4.69) is 30.5 Å². The lowest BCUT2D eigenvalue weighted by Gasteiger charge is -2.17. The van der Waals surface area contributed by atoms with Crippen LogP contribution >= 0.6 is 12.2 Å². The van der Waals surface area contributed by atoms with E-state index in [1.807, 2.05) is 18.2 Å². The number of hydrogen-bond acceptors (Lipinski definition) is 3. The molecule has 24 heavy (non-hydrogen) atoms. The summed E-state index contributed by atoms with van der Waals surface area (Å²) in [7, 11) is 1.56. The second-order valence-electron chi connectivity index (χ2n) is 5.54. The smallest absolute Gasteiger partial charge is 0.257 e. The Morgan fingerprint density at radius 1 is 1.21 bits per heavy atom. The number of hydrogen-bond donors (Lipinski definition) is 2. The maximum atomic E-state index is 12.3. The summed E-state index contributed by atoms with van der Waals surface area (Å²) in [6, 6.07) is 14.9. The Balaban J connectivity index is 2.07. The van der Waals surface area contributed by atoms with Crippen molar-refractivity contribution in [3.8, 4) is 5.75 Å². The first-order valence-corrected chi connectivity index (χ1v) is 8.31. The van der Waals surface area contributed by atoms with Gasteiger partial charge in [0.15, 0.2) is 5.11 Å². The van der Waals surface area contributed by atoms with E-state index < -0.39 is 0 Å². The monoisotopic (exact) mass is 342 g/mol. The summed E-state index contributed by atoms with van der Waals surface area (Å²) < 4.78 is 5.13.